The van der Waals surface area contributed by atoms with E-state index in [0.717, 1.165) is 21.5 Å². The van der Waals surface area contributed by atoms with Crippen LogP contribution in [0, 0.1) is 17.8 Å². The fourth-order valence-electron chi connectivity index (χ4n) is 12.6. The van der Waals surface area contributed by atoms with Crippen LogP contribution in [0.1, 0.15) is 149 Å². The highest BCUT2D eigenvalue weighted by Gasteiger charge is 2.39. The van der Waals surface area contributed by atoms with Crippen molar-refractivity contribution in [3.05, 3.63) is 96.1 Å². The molecule has 0 heterocycles. The molecule has 12 atom stereocenters. The Labute approximate surface area is 664 Å². The summed E-state index contributed by atoms with van der Waals surface area (Å²) in [4.78, 5) is 211. The lowest BCUT2D eigenvalue weighted by Gasteiger charge is -2.30. The summed E-state index contributed by atoms with van der Waals surface area (Å²) < 4.78 is 0. The first-order valence-corrected chi connectivity index (χ1v) is 38.7. The van der Waals surface area contributed by atoms with Crippen LogP contribution in [0.2, 0.25) is 0 Å². The highest BCUT2D eigenvalue weighted by atomic mass is 16.2. The number of carbonyl (C=O) groups is 15. The lowest BCUT2D eigenvalue weighted by Crippen LogP contribution is -2.61. The number of carbonyl (C=O) groups excluding carboxylic acids is 15. The molecule has 36 nitrogen and oxygen atoms in total. The monoisotopic (exact) mass is 1590 g/mol. The third-order valence-electron chi connectivity index (χ3n) is 19.1. The molecule has 0 aliphatic rings. The zero-order valence-corrected chi connectivity index (χ0v) is 66.2. The normalized spacial score (nSPS) is 14.4. The molecule has 15 amide bonds. The average Bonchev–Trinajstić information content (AvgIpc) is 0.820. The van der Waals surface area contributed by atoms with E-state index in [0.29, 0.717) is 43.2 Å². The van der Waals surface area contributed by atoms with E-state index in [9.17, 15) is 71.9 Å². The molecule has 0 bridgehead atoms. The van der Waals surface area contributed by atoms with E-state index in [1.807, 2.05) is 54.6 Å². The molecule has 4 aromatic rings. The molecule has 0 aliphatic carbocycles. The van der Waals surface area contributed by atoms with Crippen molar-refractivity contribution in [3.8, 4) is 0 Å². The highest BCUT2D eigenvalue weighted by molar-refractivity contribution is 6.01. The number of benzene rings is 4. The lowest BCUT2D eigenvalue weighted by molar-refractivity contribution is -0.137. The topological polar surface area (TPSA) is 621 Å². The van der Waals surface area contributed by atoms with Crippen molar-refractivity contribution in [1.29, 1.82) is 0 Å². The van der Waals surface area contributed by atoms with Crippen LogP contribution in [0.4, 0.5) is 0 Å². The van der Waals surface area contributed by atoms with E-state index in [1.165, 1.54) is 6.92 Å². The molecule has 0 aliphatic heterocycles. The van der Waals surface area contributed by atoms with Gasteiger partial charge in [0, 0.05) is 32.7 Å². The highest BCUT2D eigenvalue weighted by Crippen LogP contribution is 2.23. The van der Waals surface area contributed by atoms with E-state index in [-0.39, 0.29) is 96.3 Å². The molecule has 0 fully saturated rings. The van der Waals surface area contributed by atoms with Crippen molar-refractivity contribution in [2.24, 2.45) is 68.6 Å². The summed E-state index contributed by atoms with van der Waals surface area (Å²) in [5, 5.41) is 34.8. The first-order valence-electron chi connectivity index (χ1n) is 38.7. The van der Waals surface area contributed by atoms with Crippen LogP contribution < -0.4 is 110 Å². The fourth-order valence-corrected chi connectivity index (χ4v) is 12.6. The standard InChI is InChI=1S/C78H119N21O15/c1-8-45(6)66(77(114)93-56(29-13-15-35-79)71(108)91-53(67(84)104)33-34-61(82)101)99-74(111)59(40-50-26-18-24-48-22-10-12-28-52(48)50)95-70(107)55(31-19-37-81)90-63(103)42-88-68(105)60(41-62(83)102)96-76(113)65(44(4)5)97-72(109)57(30-14-16-36-80)92-75(112)64(43(2)3)98-73(110)58(39-49-25-17-23-47-21-9-11-27-51(47)49)94-69(106)54(89-46(7)100)32-20-38-87-78(85)86/h9-12,17-18,21-28,43-45,53-60,64-66H,8,13-16,19-20,29-42,79-81H2,1-7H3,(H2,82,101)(H2,83,102)(H2,84,104)(H,88,105)(H,89,100)(H,90,103)(H,91,108)(H,92,112)(H,93,114)(H,94,106)(H,95,107)(H,96,113)(H,97,109)(H,98,110)(H,99,111)(H4,85,86,87)/t45-,53-,54-,55-,56-,57-,58-,59-,60-,64-,65-,66-/m0/s1. The number of nitrogens with zero attached hydrogens (tertiary/aromatic N) is 1. The van der Waals surface area contributed by atoms with Crippen molar-refractivity contribution in [1.82, 2.24) is 63.8 Å². The minimum atomic E-state index is -1.77. The van der Waals surface area contributed by atoms with E-state index < -0.39 is 186 Å². The van der Waals surface area contributed by atoms with Crippen LogP contribution in [0.5, 0.6) is 0 Å². The predicted octanol–water partition coefficient (Wildman–Crippen LogP) is -2.72. The molecule has 114 heavy (non-hydrogen) atoms. The molecule has 4 rings (SSSR count). The number of primary amides is 3. The van der Waals surface area contributed by atoms with Crippen molar-refractivity contribution in [2.75, 3.05) is 32.7 Å². The lowest BCUT2D eigenvalue weighted by atomic mass is 9.95. The van der Waals surface area contributed by atoms with Crippen LogP contribution in [-0.4, -0.2) is 194 Å². The molecule has 0 spiro atoms. The van der Waals surface area contributed by atoms with Gasteiger partial charge in [0.25, 0.3) is 0 Å². The molecule has 0 aromatic heterocycles. The number of nitrogens with one attached hydrogen (secondary N) is 12. The zero-order chi connectivity index (χ0) is 84.7. The van der Waals surface area contributed by atoms with Gasteiger partial charge in [-0.1, -0.05) is 133 Å². The largest absolute Gasteiger partial charge is 0.370 e. The summed E-state index contributed by atoms with van der Waals surface area (Å²) in [7, 11) is 0. The van der Waals surface area contributed by atoms with Gasteiger partial charge in [0.2, 0.25) is 88.6 Å². The van der Waals surface area contributed by atoms with Crippen LogP contribution in [0.25, 0.3) is 21.5 Å². The molecule has 36 heteroatoms. The number of rotatable bonds is 52. The summed E-state index contributed by atoms with van der Waals surface area (Å²) in [5.74, 6) is -15.0. The summed E-state index contributed by atoms with van der Waals surface area (Å²) >= 11 is 0. The Balaban J connectivity index is 1.57. The average molecular weight is 1590 g/mol. The third-order valence-corrected chi connectivity index (χ3v) is 19.1. The second kappa shape index (κ2) is 49.2. The predicted molar refractivity (Wildman–Crippen MR) is 430 cm³/mol. The van der Waals surface area contributed by atoms with Gasteiger partial charge in [-0.15, -0.1) is 0 Å². The Morgan fingerprint density at radius 3 is 1.19 bits per heavy atom. The second-order valence-corrected chi connectivity index (χ2v) is 29.0. The quantitative estimate of drug-likeness (QED) is 0.0121. The summed E-state index contributed by atoms with van der Waals surface area (Å²) in [6, 6.07) is 10.2. The van der Waals surface area contributed by atoms with Crippen LogP contribution in [0.15, 0.2) is 89.9 Å². The molecule has 0 saturated heterocycles. The number of amides is 15. The summed E-state index contributed by atoms with van der Waals surface area (Å²) in [5.41, 5.74) is 46.2. The zero-order valence-electron chi connectivity index (χ0n) is 66.2. The number of fused-ring (bicyclic) bond motifs is 2. The van der Waals surface area contributed by atoms with Gasteiger partial charge in [-0.05, 0) is 141 Å². The Hall–Kier alpha value is -11.4. The first-order chi connectivity index (χ1) is 54.1. The molecule has 0 radical (unpaired) electrons. The molecule has 626 valence electrons. The molecular formula is C78H119N21O15. The van der Waals surface area contributed by atoms with Gasteiger partial charge in [0.15, 0.2) is 5.96 Å². The second-order valence-electron chi connectivity index (χ2n) is 29.0. The van der Waals surface area contributed by atoms with Gasteiger partial charge in [-0.3, -0.25) is 76.9 Å². The Morgan fingerprint density at radius 1 is 0.377 bits per heavy atom. The molecular weight excluding hydrogens is 1470 g/mol. The van der Waals surface area contributed by atoms with E-state index in [1.54, 1.807) is 71.9 Å². The SMILES string of the molecule is CC[C@H](C)[C@H](NC(=O)[C@H](Cc1cccc2ccccc12)NC(=O)[C@H](CCCN)NC(=O)CNC(=O)[C@H](CC(N)=O)NC(=O)[C@@H](NC(=O)[C@H](CCCCN)NC(=O)[C@@H](NC(=O)[C@H](Cc1cccc2ccccc12)NC(=O)[C@H](CCCN=C(N)N)NC(C)=O)C(C)C)C(C)C)C(=O)N[C@@H](CCCCN)C(=O)N[C@@H](CCC(N)=O)C(N)=O. The minimum absolute atomic E-state index is 0.0220. The molecule has 28 N–H and O–H groups in total. The van der Waals surface area contributed by atoms with Gasteiger partial charge in [0.05, 0.1) is 13.0 Å². The fraction of sp³-hybridized carbons (Fsp3) is 0.538. The Kier molecular flexibility index (Phi) is 41.0. The maximum absolute atomic E-state index is 14.9. The van der Waals surface area contributed by atoms with Gasteiger partial charge < -0.3 is 110 Å². The van der Waals surface area contributed by atoms with Crippen LogP contribution >= 0.6 is 0 Å². The molecule has 0 saturated carbocycles. The van der Waals surface area contributed by atoms with Crippen LogP contribution in [0.3, 0.4) is 0 Å². The smallest absolute Gasteiger partial charge is 0.243 e. The number of unbranched alkanes of at least 4 members (excludes halogenated alkanes) is 2. The number of hydrogen-bond acceptors (Lipinski definition) is 19. The number of nitrogens with two attached hydrogens (primary N) is 8. The van der Waals surface area contributed by atoms with Crippen molar-refractivity contribution in [2.45, 2.75) is 218 Å². The van der Waals surface area contributed by atoms with E-state index in [4.69, 9.17) is 45.9 Å². The first kappa shape index (κ1) is 95.0. The number of hydrogen-bond donors (Lipinski definition) is 20. The van der Waals surface area contributed by atoms with Gasteiger partial charge in [0.1, 0.15) is 66.5 Å². The van der Waals surface area contributed by atoms with Gasteiger partial charge in [-0.2, -0.15) is 0 Å². The minimum Gasteiger partial charge on any atom is -0.370 e. The number of aliphatic imine (C=N–C) groups is 1. The third kappa shape index (κ3) is 32.4. The van der Waals surface area contributed by atoms with Crippen LogP contribution in [-0.2, 0) is 84.8 Å². The maximum Gasteiger partial charge on any atom is 0.243 e. The summed E-state index contributed by atoms with van der Waals surface area (Å²) in [6.07, 6.45) is 0.691. The maximum atomic E-state index is 14.9. The molecule has 4 aromatic carbocycles. The number of guanidine groups is 1. The van der Waals surface area contributed by atoms with Gasteiger partial charge in [-0.25, -0.2) is 0 Å². The van der Waals surface area contributed by atoms with E-state index in [2.05, 4.69) is 68.8 Å². The van der Waals surface area contributed by atoms with Crippen molar-refractivity contribution < 1.29 is 71.9 Å². The summed E-state index contributed by atoms with van der Waals surface area (Å²) in [6.45, 7) is 10.9. The van der Waals surface area contributed by atoms with Gasteiger partial charge >= 0.3 is 0 Å². The van der Waals surface area contributed by atoms with Crippen molar-refractivity contribution >= 4 is 116 Å². The Morgan fingerprint density at radius 2 is 0.763 bits per heavy atom. The molecule has 0 unspecified atom stereocenters. The Bertz CT molecular complexity index is 3980. The van der Waals surface area contributed by atoms with Crippen molar-refractivity contribution in [3.63, 3.8) is 0 Å². The van der Waals surface area contributed by atoms with E-state index >= 15 is 0 Å².